The summed E-state index contributed by atoms with van der Waals surface area (Å²) in [5.41, 5.74) is 3.52. The average Bonchev–Trinajstić information content (AvgIpc) is 3.06. The van der Waals surface area contributed by atoms with Crippen LogP contribution in [0.3, 0.4) is 0 Å². The van der Waals surface area contributed by atoms with Crippen LogP contribution in [0.5, 0.6) is 0 Å². The van der Waals surface area contributed by atoms with Crippen LogP contribution < -0.4 is 5.32 Å². The smallest absolute Gasteiger partial charge is 0.271 e. The van der Waals surface area contributed by atoms with Gasteiger partial charge in [-0.2, -0.15) is 0 Å². The third-order valence-electron chi connectivity index (χ3n) is 4.09. The maximum Gasteiger partial charge on any atom is 0.271 e. The molecular formula is C20H15ClN4OS. The van der Waals surface area contributed by atoms with E-state index in [2.05, 4.69) is 20.3 Å². The molecule has 0 aliphatic carbocycles. The van der Waals surface area contributed by atoms with E-state index in [4.69, 9.17) is 11.6 Å². The predicted molar refractivity (Wildman–Crippen MR) is 108 cm³/mol. The maximum atomic E-state index is 12.5. The van der Waals surface area contributed by atoms with E-state index in [1.54, 1.807) is 0 Å². The monoisotopic (exact) mass is 394 g/mol. The molecule has 0 spiro atoms. The zero-order valence-electron chi connectivity index (χ0n) is 14.4. The third-order valence-corrected chi connectivity index (χ3v) is 5.61. The Morgan fingerprint density at radius 2 is 1.81 bits per heavy atom. The molecule has 27 heavy (non-hydrogen) atoms. The van der Waals surface area contributed by atoms with Gasteiger partial charge in [0.2, 0.25) is 0 Å². The van der Waals surface area contributed by atoms with Gasteiger partial charge in [0.05, 0.1) is 34.5 Å². The number of fused-ring (bicyclic) bond motifs is 1. The number of nitrogens with one attached hydrogen (secondary N) is 1. The van der Waals surface area contributed by atoms with Crippen LogP contribution in [0.25, 0.3) is 21.6 Å². The molecular weight excluding hydrogens is 380 g/mol. The molecule has 4 rings (SSSR count). The lowest BCUT2D eigenvalue weighted by Crippen LogP contribution is -2.23. The van der Waals surface area contributed by atoms with Crippen molar-refractivity contribution in [3.8, 4) is 10.6 Å². The Hall–Kier alpha value is -2.83. The maximum absolute atomic E-state index is 12.5. The van der Waals surface area contributed by atoms with E-state index >= 15 is 0 Å². The number of thiazole rings is 1. The molecule has 0 unspecified atom stereocenters. The standard InChI is InChI=1S/C20H15ClN4OS/c1-12-18(27-20(24-12)13-6-2-3-7-14(13)21)11-23-19(26)17-10-22-15-8-4-5-9-16(15)25-17/h2-10H,11H2,1H3,(H,23,26). The fourth-order valence-corrected chi connectivity index (χ4v) is 3.98. The van der Waals surface area contributed by atoms with Gasteiger partial charge < -0.3 is 5.32 Å². The van der Waals surface area contributed by atoms with E-state index in [-0.39, 0.29) is 5.91 Å². The van der Waals surface area contributed by atoms with Gasteiger partial charge in [0.1, 0.15) is 10.7 Å². The molecule has 0 saturated carbocycles. The fourth-order valence-electron chi connectivity index (χ4n) is 2.66. The number of carbonyl (C=O) groups excluding carboxylic acids is 1. The number of hydrogen-bond acceptors (Lipinski definition) is 5. The van der Waals surface area contributed by atoms with E-state index in [1.807, 2.05) is 55.5 Å². The Kier molecular flexibility index (Phi) is 4.83. The number of aryl methyl sites for hydroxylation is 1. The van der Waals surface area contributed by atoms with Crippen LogP contribution in [0.15, 0.2) is 54.7 Å². The molecule has 4 aromatic rings. The van der Waals surface area contributed by atoms with Gasteiger partial charge in [0.25, 0.3) is 5.91 Å². The Morgan fingerprint density at radius 1 is 1.07 bits per heavy atom. The van der Waals surface area contributed by atoms with E-state index in [1.165, 1.54) is 17.5 Å². The fraction of sp³-hybridized carbons (Fsp3) is 0.100. The summed E-state index contributed by atoms with van der Waals surface area (Å²) in [6.07, 6.45) is 1.49. The minimum Gasteiger partial charge on any atom is -0.346 e. The van der Waals surface area contributed by atoms with Crippen molar-refractivity contribution in [2.45, 2.75) is 13.5 Å². The number of amides is 1. The third kappa shape index (κ3) is 3.67. The number of benzene rings is 2. The number of rotatable bonds is 4. The second-order valence-electron chi connectivity index (χ2n) is 5.93. The first-order chi connectivity index (χ1) is 13.1. The Bertz CT molecular complexity index is 1140. The molecule has 2 aromatic heterocycles. The molecule has 0 atom stereocenters. The lowest BCUT2D eigenvalue weighted by molar-refractivity contribution is 0.0946. The first kappa shape index (κ1) is 17.6. The summed E-state index contributed by atoms with van der Waals surface area (Å²) >= 11 is 7.78. The summed E-state index contributed by atoms with van der Waals surface area (Å²) in [4.78, 5) is 26.7. The highest BCUT2D eigenvalue weighted by molar-refractivity contribution is 7.15. The zero-order chi connectivity index (χ0) is 18.8. The normalized spacial score (nSPS) is 10.9. The Labute approximate surface area is 165 Å². The van der Waals surface area contributed by atoms with Crippen molar-refractivity contribution in [2.24, 2.45) is 0 Å². The van der Waals surface area contributed by atoms with Crippen molar-refractivity contribution in [1.29, 1.82) is 0 Å². The molecule has 1 N–H and O–H groups in total. The second-order valence-corrected chi connectivity index (χ2v) is 7.42. The highest BCUT2D eigenvalue weighted by Crippen LogP contribution is 2.32. The molecule has 1 amide bonds. The van der Waals surface area contributed by atoms with Gasteiger partial charge in [-0.05, 0) is 25.1 Å². The Balaban J connectivity index is 1.51. The molecule has 134 valence electrons. The predicted octanol–water partition coefficient (Wildman–Crippen LogP) is 4.65. The van der Waals surface area contributed by atoms with Crippen LogP contribution in [0.2, 0.25) is 5.02 Å². The van der Waals surface area contributed by atoms with Crippen LogP contribution in [0.1, 0.15) is 21.1 Å². The molecule has 2 heterocycles. The number of nitrogens with zero attached hydrogens (tertiary/aromatic N) is 3. The van der Waals surface area contributed by atoms with Gasteiger partial charge in [-0.3, -0.25) is 9.78 Å². The second kappa shape index (κ2) is 7.42. The van der Waals surface area contributed by atoms with Crippen LogP contribution in [0.4, 0.5) is 0 Å². The molecule has 7 heteroatoms. The summed E-state index contributed by atoms with van der Waals surface area (Å²) in [5, 5.41) is 4.40. The number of para-hydroxylation sites is 2. The molecule has 0 bridgehead atoms. The average molecular weight is 395 g/mol. The zero-order valence-corrected chi connectivity index (χ0v) is 16.0. The number of aromatic nitrogens is 3. The van der Waals surface area contributed by atoms with Crippen molar-refractivity contribution in [3.63, 3.8) is 0 Å². The molecule has 0 fully saturated rings. The van der Waals surface area contributed by atoms with Gasteiger partial charge in [-0.25, -0.2) is 9.97 Å². The molecule has 2 aromatic carbocycles. The summed E-state index contributed by atoms with van der Waals surface area (Å²) in [5.74, 6) is -0.264. The van der Waals surface area contributed by atoms with Gasteiger partial charge in [0, 0.05) is 10.4 Å². The minimum absolute atomic E-state index is 0.264. The summed E-state index contributed by atoms with van der Waals surface area (Å²) < 4.78 is 0. The van der Waals surface area contributed by atoms with Gasteiger partial charge >= 0.3 is 0 Å². The van der Waals surface area contributed by atoms with E-state index in [0.717, 1.165) is 26.7 Å². The van der Waals surface area contributed by atoms with Crippen molar-refractivity contribution < 1.29 is 4.79 Å². The first-order valence-corrected chi connectivity index (χ1v) is 9.52. The molecule has 0 radical (unpaired) electrons. The number of hydrogen-bond donors (Lipinski definition) is 1. The summed E-state index contributed by atoms with van der Waals surface area (Å²) in [7, 11) is 0. The van der Waals surface area contributed by atoms with Crippen LogP contribution in [-0.4, -0.2) is 20.9 Å². The molecule has 0 saturated heterocycles. The first-order valence-electron chi connectivity index (χ1n) is 8.33. The SMILES string of the molecule is Cc1nc(-c2ccccc2Cl)sc1CNC(=O)c1cnc2ccccc2n1. The van der Waals surface area contributed by atoms with Crippen molar-refractivity contribution in [3.05, 3.63) is 76.0 Å². The molecule has 0 aliphatic heterocycles. The number of halogens is 1. The largest absolute Gasteiger partial charge is 0.346 e. The van der Waals surface area contributed by atoms with Crippen molar-refractivity contribution in [2.75, 3.05) is 0 Å². The van der Waals surface area contributed by atoms with Crippen LogP contribution in [0, 0.1) is 6.92 Å². The van der Waals surface area contributed by atoms with E-state index in [9.17, 15) is 4.79 Å². The quantitative estimate of drug-likeness (QED) is 0.547. The van der Waals surface area contributed by atoms with E-state index in [0.29, 0.717) is 22.8 Å². The van der Waals surface area contributed by atoms with Crippen LogP contribution >= 0.6 is 22.9 Å². The van der Waals surface area contributed by atoms with Gasteiger partial charge in [-0.1, -0.05) is 41.9 Å². The van der Waals surface area contributed by atoms with Crippen molar-refractivity contribution >= 4 is 39.9 Å². The molecule has 0 aliphatic rings. The summed E-state index contributed by atoms with van der Waals surface area (Å²) in [6.45, 7) is 2.30. The lowest BCUT2D eigenvalue weighted by atomic mass is 10.2. The number of carbonyl (C=O) groups is 1. The Morgan fingerprint density at radius 3 is 2.63 bits per heavy atom. The van der Waals surface area contributed by atoms with Crippen LogP contribution in [-0.2, 0) is 6.54 Å². The van der Waals surface area contributed by atoms with Crippen molar-refractivity contribution in [1.82, 2.24) is 20.3 Å². The lowest BCUT2D eigenvalue weighted by Gasteiger charge is -2.04. The topological polar surface area (TPSA) is 67.8 Å². The highest BCUT2D eigenvalue weighted by atomic mass is 35.5. The van der Waals surface area contributed by atoms with Gasteiger partial charge in [-0.15, -0.1) is 11.3 Å². The minimum atomic E-state index is -0.264. The molecule has 5 nitrogen and oxygen atoms in total. The van der Waals surface area contributed by atoms with Gasteiger partial charge in [0.15, 0.2) is 0 Å². The highest BCUT2D eigenvalue weighted by Gasteiger charge is 2.14. The van der Waals surface area contributed by atoms with E-state index < -0.39 is 0 Å². The summed E-state index contributed by atoms with van der Waals surface area (Å²) in [6, 6.07) is 15.1.